The molecule has 3 rings (SSSR count). The Morgan fingerprint density at radius 1 is 1.36 bits per heavy atom. The van der Waals surface area contributed by atoms with Gasteiger partial charge in [-0.05, 0) is 71.8 Å². The van der Waals surface area contributed by atoms with Crippen LogP contribution in [0.2, 0.25) is 0 Å². The number of H-pyrrole nitrogens is 1. The second kappa shape index (κ2) is 7.72. The molecule has 1 N–H and O–H groups in total. The second-order valence-corrected chi connectivity index (χ2v) is 9.28. The Morgan fingerprint density at radius 3 is 2.79 bits per heavy atom. The third kappa shape index (κ3) is 4.83. The number of ether oxygens (including phenoxy) is 1. The van der Waals surface area contributed by atoms with Crippen LogP contribution in [0.25, 0.3) is 0 Å². The van der Waals surface area contributed by atoms with Crippen LogP contribution in [0.4, 0.5) is 9.18 Å². The van der Waals surface area contributed by atoms with E-state index in [0.717, 1.165) is 36.4 Å². The lowest BCUT2D eigenvalue weighted by Gasteiger charge is -2.28. The molecule has 0 aromatic carbocycles. The van der Waals surface area contributed by atoms with Crippen LogP contribution >= 0.6 is 0 Å². The van der Waals surface area contributed by atoms with E-state index in [1.165, 1.54) is 0 Å². The molecular weight excluding hydrogens is 357 g/mol. The van der Waals surface area contributed by atoms with Gasteiger partial charge in [-0.15, -0.1) is 0 Å². The van der Waals surface area contributed by atoms with Gasteiger partial charge in [0.15, 0.2) is 0 Å². The summed E-state index contributed by atoms with van der Waals surface area (Å²) < 4.78 is 20.1. The van der Waals surface area contributed by atoms with Gasteiger partial charge in [0, 0.05) is 18.4 Å². The highest BCUT2D eigenvalue weighted by Gasteiger charge is 2.35. The molecule has 1 aromatic rings. The number of imidazole rings is 1. The highest BCUT2D eigenvalue weighted by Crippen LogP contribution is 2.35. The number of aromatic amines is 1. The van der Waals surface area contributed by atoms with Crippen molar-refractivity contribution in [3.63, 3.8) is 0 Å². The first-order valence-electron chi connectivity index (χ1n) is 10.1. The van der Waals surface area contributed by atoms with E-state index in [4.69, 9.17) is 4.74 Å². The molecule has 1 aliphatic carbocycles. The van der Waals surface area contributed by atoms with E-state index < -0.39 is 11.3 Å². The van der Waals surface area contributed by atoms with Crippen LogP contribution in [0.15, 0.2) is 30.0 Å². The number of rotatable bonds is 4. The van der Waals surface area contributed by atoms with Crippen LogP contribution in [-0.2, 0) is 11.2 Å². The molecule has 0 bridgehead atoms. The van der Waals surface area contributed by atoms with Crippen LogP contribution < -0.4 is 0 Å². The molecule has 0 radical (unpaired) electrons. The Hall–Kier alpha value is -2.11. The molecule has 28 heavy (non-hydrogen) atoms. The van der Waals surface area contributed by atoms with Crippen molar-refractivity contribution in [3.8, 4) is 0 Å². The number of carbonyl (C=O) groups is 1. The van der Waals surface area contributed by atoms with Gasteiger partial charge in [-0.2, -0.15) is 0 Å². The maximum Gasteiger partial charge on any atom is 0.410 e. The summed E-state index contributed by atoms with van der Waals surface area (Å²) in [5, 5.41) is 0. The molecule has 154 valence electrons. The van der Waals surface area contributed by atoms with Gasteiger partial charge in [0.25, 0.3) is 0 Å². The summed E-state index contributed by atoms with van der Waals surface area (Å²) in [6.07, 6.45) is 10.7. The highest BCUT2D eigenvalue weighted by atomic mass is 19.1. The molecule has 2 heterocycles. The Balaban J connectivity index is 1.71. The number of amides is 1. The number of nitrogens with one attached hydrogen (secondary N) is 1. The molecule has 1 amide bonds. The van der Waals surface area contributed by atoms with Crippen molar-refractivity contribution >= 4 is 6.09 Å². The van der Waals surface area contributed by atoms with Crippen molar-refractivity contribution in [2.45, 2.75) is 77.6 Å². The first-order chi connectivity index (χ1) is 13.0. The smallest absolute Gasteiger partial charge is 0.410 e. The van der Waals surface area contributed by atoms with E-state index in [1.807, 2.05) is 39.1 Å². The summed E-state index contributed by atoms with van der Waals surface area (Å²) in [7, 11) is 0. The third-order valence-corrected chi connectivity index (χ3v) is 5.27. The Morgan fingerprint density at radius 2 is 2.11 bits per heavy atom. The number of aromatic nitrogens is 2. The fraction of sp³-hybridized carbons (Fsp3) is 0.636. The number of halogens is 1. The quantitative estimate of drug-likeness (QED) is 0.763. The van der Waals surface area contributed by atoms with Crippen molar-refractivity contribution < 1.29 is 13.9 Å². The van der Waals surface area contributed by atoms with E-state index in [2.05, 4.69) is 16.0 Å². The fourth-order valence-corrected chi connectivity index (χ4v) is 4.06. The lowest BCUT2D eigenvalue weighted by molar-refractivity contribution is 0.0218. The van der Waals surface area contributed by atoms with Crippen LogP contribution in [0, 0.1) is 5.92 Å². The van der Waals surface area contributed by atoms with Gasteiger partial charge in [0.1, 0.15) is 17.1 Å². The summed E-state index contributed by atoms with van der Waals surface area (Å²) in [5.74, 6) is 0.901. The van der Waals surface area contributed by atoms with Crippen molar-refractivity contribution in [2.75, 3.05) is 6.54 Å². The molecule has 2 atom stereocenters. The molecule has 6 heteroatoms. The van der Waals surface area contributed by atoms with Crippen LogP contribution in [0.1, 0.15) is 71.4 Å². The summed E-state index contributed by atoms with van der Waals surface area (Å²) in [6.45, 7) is 9.51. The maximum absolute atomic E-state index is 14.6. The Kier molecular flexibility index (Phi) is 5.69. The average molecular weight is 390 g/mol. The Bertz CT molecular complexity index is 767. The van der Waals surface area contributed by atoms with Crippen molar-refractivity contribution in [2.24, 2.45) is 5.92 Å². The molecule has 2 unspecified atom stereocenters. The van der Waals surface area contributed by atoms with Crippen LogP contribution in [-0.4, -0.2) is 38.8 Å². The molecule has 1 aromatic heterocycles. The van der Waals surface area contributed by atoms with Gasteiger partial charge >= 0.3 is 6.09 Å². The Labute approximate surface area is 167 Å². The lowest BCUT2D eigenvalue weighted by atomic mass is 9.80. The molecular formula is C22H32FN3O2. The average Bonchev–Trinajstić information content (AvgIpc) is 3.21. The predicted octanol–water partition coefficient (Wildman–Crippen LogP) is 5.27. The minimum absolute atomic E-state index is 0.0949. The summed E-state index contributed by atoms with van der Waals surface area (Å²) in [5.41, 5.74) is -0.0597. The maximum atomic E-state index is 14.6. The zero-order valence-electron chi connectivity index (χ0n) is 17.6. The number of nitrogens with zero attached hydrogens (tertiary/aromatic N) is 2. The van der Waals surface area contributed by atoms with Gasteiger partial charge in [-0.3, -0.25) is 4.90 Å². The zero-order chi connectivity index (χ0) is 20.5. The van der Waals surface area contributed by atoms with E-state index in [1.54, 1.807) is 18.7 Å². The molecule has 0 spiro atoms. The number of hydrogen-bond donors (Lipinski definition) is 1. The fourth-order valence-electron chi connectivity index (χ4n) is 4.06. The number of carbonyl (C=O) groups excluding carboxylic acids is 1. The predicted molar refractivity (Wildman–Crippen MR) is 108 cm³/mol. The highest BCUT2D eigenvalue weighted by molar-refractivity contribution is 5.69. The summed E-state index contributed by atoms with van der Waals surface area (Å²) in [4.78, 5) is 22.2. The normalized spacial score (nSPS) is 23.1. The van der Waals surface area contributed by atoms with Crippen LogP contribution in [0.5, 0.6) is 0 Å². The minimum Gasteiger partial charge on any atom is -0.444 e. The molecule has 0 saturated carbocycles. The zero-order valence-corrected chi connectivity index (χ0v) is 17.6. The minimum atomic E-state index is -1.34. The summed E-state index contributed by atoms with van der Waals surface area (Å²) in [6, 6.07) is -0.0949. The monoisotopic (exact) mass is 389 g/mol. The first kappa shape index (κ1) is 20.6. The lowest BCUT2D eigenvalue weighted by Crippen LogP contribution is -2.36. The molecule has 1 fully saturated rings. The number of hydrogen-bond acceptors (Lipinski definition) is 3. The van der Waals surface area contributed by atoms with Gasteiger partial charge in [0.05, 0.1) is 6.04 Å². The van der Waals surface area contributed by atoms with Gasteiger partial charge in [0.2, 0.25) is 0 Å². The van der Waals surface area contributed by atoms with Gasteiger partial charge in [-0.25, -0.2) is 14.2 Å². The number of likely N-dealkylation sites (tertiary alicyclic amines) is 1. The van der Waals surface area contributed by atoms with Crippen molar-refractivity contribution in [1.82, 2.24) is 14.9 Å². The van der Waals surface area contributed by atoms with Gasteiger partial charge < -0.3 is 9.72 Å². The SMILES string of the molecule is CC(C)(C)OC(=O)N1CCCC1c1ncc(CC2CC=CC=C2C(C)(C)F)[nH]1. The van der Waals surface area contributed by atoms with Crippen molar-refractivity contribution in [1.29, 1.82) is 0 Å². The summed E-state index contributed by atoms with van der Waals surface area (Å²) >= 11 is 0. The first-order valence-corrected chi connectivity index (χ1v) is 10.1. The number of alkyl halides is 1. The second-order valence-electron chi connectivity index (χ2n) is 9.28. The molecule has 1 aliphatic heterocycles. The number of allylic oxidation sites excluding steroid dienone is 4. The van der Waals surface area contributed by atoms with E-state index in [9.17, 15) is 9.18 Å². The molecule has 5 nitrogen and oxygen atoms in total. The van der Waals surface area contributed by atoms with E-state index in [-0.39, 0.29) is 18.1 Å². The topological polar surface area (TPSA) is 58.2 Å². The molecule has 2 aliphatic rings. The third-order valence-electron chi connectivity index (χ3n) is 5.27. The van der Waals surface area contributed by atoms with E-state index >= 15 is 0 Å². The van der Waals surface area contributed by atoms with Crippen LogP contribution in [0.3, 0.4) is 0 Å². The largest absolute Gasteiger partial charge is 0.444 e. The standard InChI is InChI=1S/C22H32FN3O2/c1-21(2,3)28-20(27)26-12-8-11-18(26)19-24-14-16(25-19)13-15-9-6-7-10-17(15)22(4,5)23/h6-7,10,14-15,18H,8-9,11-13H2,1-5H3,(H,24,25). The van der Waals surface area contributed by atoms with Gasteiger partial charge in [-0.1, -0.05) is 18.2 Å². The molecule has 1 saturated heterocycles. The van der Waals surface area contributed by atoms with E-state index in [0.29, 0.717) is 13.0 Å². The van der Waals surface area contributed by atoms with Crippen molar-refractivity contribution in [3.05, 3.63) is 41.5 Å².